The van der Waals surface area contributed by atoms with Gasteiger partial charge in [-0.25, -0.2) is 4.79 Å². The van der Waals surface area contributed by atoms with Crippen LogP contribution in [0, 0.1) is 10.1 Å². The Morgan fingerprint density at radius 3 is 2.71 bits per heavy atom. The summed E-state index contributed by atoms with van der Waals surface area (Å²) in [6.07, 6.45) is 1.21. The van der Waals surface area contributed by atoms with E-state index >= 15 is 0 Å². The second-order valence-corrected chi connectivity index (χ2v) is 4.92. The third-order valence-corrected chi connectivity index (χ3v) is 3.06. The van der Waals surface area contributed by atoms with Crippen LogP contribution < -0.4 is 4.74 Å². The van der Waals surface area contributed by atoms with Crippen LogP contribution in [-0.2, 0) is 6.61 Å². The number of nitro benzene ring substituents is 1. The Kier molecular flexibility index (Phi) is 4.49. The van der Waals surface area contributed by atoms with Crippen molar-refractivity contribution >= 4 is 27.6 Å². The SMILES string of the molecule is O=C(O)c1ccc(COc2ccc(Br)cc2[N+](=O)[O-])nc1. The summed E-state index contributed by atoms with van der Waals surface area (Å²) in [7, 11) is 0. The van der Waals surface area contributed by atoms with Gasteiger partial charge in [-0.15, -0.1) is 0 Å². The van der Waals surface area contributed by atoms with E-state index in [1.807, 2.05) is 0 Å². The topological polar surface area (TPSA) is 103 Å². The van der Waals surface area contributed by atoms with Gasteiger partial charge >= 0.3 is 11.7 Å². The van der Waals surface area contributed by atoms with Crippen LogP contribution in [-0.4, -0.2) is 21.0 Å². The van der Waals surface area contributed by atoms with E-state index in [1.165, 1.54) is 30.5 Å². The first-order valence-electron chi connectivity index (χ1n) is 5.72. The smallest absolute Gasteiger partial charge is 0.337 e. The van der Waals surface area contributed by atoms with Gasteiger partial charge in [0, 0.05) is 16.7 Å². The highest BCUT2D eigenvalue weighted by Gasteiger charge is 2.15. The molecule has 1 aromatic heterocycles. The minimum Gasteiger partial charge on any atom is -0.480 e. The molecule has 1 heterocycles. The van der Waals surface area contributed by atoms with Gasteiger partial charge in [-0.1, -0.05) is 15.9 Å². The lowest BCUT2D eigenvalue weighted by molar-refractivity contribution is -0.386. The van der Waals surface area contributed by atoms with Crippen LogP contribution in [0.3, 0.4) is 0 Å². The van der Waals surface area contributed by atoms with E-state index in [0.717, 1.165) is 0 Å². The van der Waals surface area contributed by atoms with Gasteiger partial charge in [0.05, 0.1) is 16.2 Å². The first-order valence-corrected chi connectivity index (χ1v) is 6.51. The standard InChI is InChI=1S/C13H9BrN2O5/c14-9-2-4-12(11(5-9)16(19)20)21-7-10-3-1-8(6-15-10)13(17)18/h1-6H,7H2,(H,17,18). The van der Waals surface area contributed by atoms with Gasteiger partial charge in [-0.3, -0.25) is 15.1 Å². The molecule has 7 nitrogen and oxygen atoms in total. The first kappa shape index (κ1) is 14.9. The highest BCUT2D eigenvalue weighted by atomic mass is 79.9. The van der Waals surface area contributed by atoms with Crippen molar-refractivity contribution in [2.75, 3.05) is 0 Å². The van der Waals surface area contributed by atoms with Gasteiger partial charge in [0.25, 0.3) is 0 Å². The van der Waals surface area contributed by atoms with Crippen molar-refractivity contribution in [3.63, 3.8) is 0 Å². The Hall–Kier alpha value is -2.48. The predicted octanol–water partition coefficient (Wildman–Crippen LogP) is 3.03. The maximum Gasteiger partial charge on any atom is 0.337 e. The molecule has 108 valence electrons. The van der Waals surface area contributed by atoms with Crippen LogP contribution in [0.2, 0.25) is 0 Å². The molecule has 0 fully saturated rings. The monoisotopic (exact) mass is 352 g/mol. The predicted molar refractivity (Wildman–Crippen MR) is 76.3 cm³/mol. The Labute approximate surface area is 127 Å². The zero-order valence-corrected chi connectivity index (χ0v) is 12.1. The Morgan fingerprint density at radius 2 is 2.14 bits per heavy atom. The first-order chi connectivity index (χ1) is 9.97. The lowest BCUT2D eigenvalue weighted by Crippen LogP contribution is -2.03. The van der Waals surface area contributed by atoms with Crippen molar-refractivity contribution in [3.05, 3.63) is 62.4 Å². The Balaban J connectivity index is 2.13. The number of aromatic nitrogens is 1. The summed E-state index contributed by atoms with van der Waals surface area (Å²) in [6, 6.07) is 7.34. The average molecular weight is 353 g/mol. The normalized spacial score (nSPS) is 10.1. The molecule has 0 saturated heterocycles. The summed E-state index contributed by atoms with van der Waals surface area (Å²) in [5.74, 6) is -0.953. The molecule has 0 amide bonds. The van der Waals surface area contributed by atoms with Crippen molar-refractivity contribution in [1.82, 2.24) is 4.98 Å². The van der Waals surface area contributed by atoms with Gasteiger partial charge in [-0.2, -0.15) is 0 Å². The fraction of sp³-hybridized carbons (Fsp3) is 0.0769. The number of carboxylic acids is 1. The molecule has 0 aliphatic rings. The van der Waals surface area contributed by atoms with Crippen LogP contribution in [0.4, 0.5) is 5.69 Å². The summed E-state index contributed by atoms with van der Waals surface area (Å²) < 4.78 is 5.94. The number of ether oxygens (including phenoxy) is 1. The second kappa shape index (κ2) is 6.31. The number of carbonyl (C=O) groups is 1. The van der Waals surface area contributed by atoms with Crippen molar-refractivity contribution in [3.8, 4) is 5.75 Å². The molecule has 8 heteroatoms. The van der Waals surface area contributed by atoms with Crippen LogP contribution >= 0.6 is 15.9 Å². The van der Waals surface area contributed by atoms with E-state index < -0.39 is 10.9 Å². The number of aromatic carboxylic acids is 1. The van der Waals surface area contributed by atoms with Crippen molar-refractivity contribution in [1.29, 1.82) is 0 Å². The number of halogens is 1. The van der Waals surface area contributed by atoms with E-state index in [4.69, 9.17) is 9.84 Å². The maximum absolute atomic E-state index is 10.9. The number of pyridine rings is 1. The quantitative estimate of drug-likeness (QED) is 0.655. The number of benzene rings is 1. The Morgan fingerprint density at radius 1 is 1.38 bits per heavy atom. The van der Waals surface area contributed by atoms with Crippen LogP contribution in [0.5, 0.6) is 5.75 Å². The van der Waals surface area contributed by atoms with Gasteiger partial charge in [0.2, 0.25) is 0 Å². The molecule has 0 radical (unpaired) electrons. The van der Waals surface area contributed by atoms with E-state index in [-0.39, 0.29) is 23.6 Å². The molecule has 0 aliphatic carbocycles. The number of rotatable bonds is 5. The highest BCUT2D eigenvalue weighted by Crippen LogP contribution is 2.30. The number of nitro groups is 1. The van der Waals surface area contributed by atoms with E-state index in [2.05, 4.69) is 20.9 Å². The molecule has 2 aromatic rings. The third kappa shape index (κ3) is 3.76. The van der Waals surface area contributed by atoms with Crippen molar-refractivity contribution in [2.24, 2.45) is 0 Å². The molecule has 0 spiro atoms. The molecule has 2 rings (SSSR count). The number of hydrogen-bond acceptors (Lipinski definition) is 5. The van der Waals surface area contributed by atoms with E-state index in [9.17, 15) is 14.9 Å². The van der Waals surface area contributed by atoms with Crippen LogP contribution in [0.25, 0.3) is 0 Å². The van der Waals surface area contributed by atoms with Gasteiger partial charge < -0.3 is 9.84 Å². The molecule has 0 atom stereocenters. The third-order valence-electron chi connectivity index (χ3n) is 2.56. The van der Waals surface area contributed by atoms with Gasteiger partial charge in [0.15, 0.2) is 5.75 Å². The molecular formula is C13H9BrN2O5. The number of carboxylic acid groups (broad SMARTS) is 1. The fourth-order valence-electron chi connectivity index (χ4n) is 1.54. The van der Waals surface area contributed by atoms with Crippen LogP contribution in [0.1, 0.15) is 16.1 Å². The minimum absolute atomic E-state index is 0.00235. The van der Waals surface area contributed by atoms with Crippen LogP contribution in [0.15, 0.2) is 41.0 Å². The number of nitrogens with zero attached hydrogens (tertiary/aromatic N) is 2. The molecule has 0 saturated carbocycles. The molecule has 0 unspecified atom stereocenters. The molecule has 0 bridgehead atoms. The van der Waals surface area contributed by atoms with Crippen molar-refractivity contribution < 1.29 is 19.6 Å². The van der Waals surface area contributed by atoms with Gasteiger partial charge in [0.1, 0.15) is 6.61 Å². The van der Waals surface area contributed by atoms with E-state index in [0.29, 0.717) is 10.2 Å². The lowest BCUT2D eigenvalue weighted by Gasteiger charge is -2.06. The molecule has 0 aliphatic heterocycles. The second-order valence-electron chi connectivity index (χ2n) is 4.00. The zero-order chi connectivity index (χ0) is 15.4. The summed E-state index contributed by atoms with van der Waals surface area (Å²) in [6.45, 7) is 0.00235. The van der Waals surface area contributed by atoms with E-state index in [1.54, 1.807) is 6.07 Å². The van der Waals surface area contributed by atoms with Gasteiger partial charge in [-0.05, 0) is 24.3 Å². The summed E-state index contributed by atoms with van der Waals surface area (Å²) in [5, 5.41) is 19.7. The summed E-state index contributed by atoms with van der Waals surface area (Å²) in [4.78, 5) is 25.0. The Bertz CT molecular complexity index is 687. The molecule has 1 N–H and O–H groups in total. The maximum atomic E-state index is 10.9. The summed E-state index contributed by atoms with van der Waals surface area (Å²) >= 11 is 3.15. The lowest BCUT2D eigenvalue weighted by atomic mass is 10.2. The minimum atomic E-state index is -1.07. The largest absolute Gasteiger partial charge is 0.480 e. The number of hydrogen-bond donors (Lipinski definition) is 1. The molecule has 21 heavy (non-hydrogen) atoms. The average Bonchev–Trinajstić information content (AvgIpc) is 2.46. The fourth-order valence-corrected chi connectivity index (χ4v) is 1.89. The molecular weight excluding hydrogens is 344 g/mol. The summed E-state index contributed by atoms with van der Waals surface area (Å²) in [5.41, 5.74) is 0.372. The molecule has 1 aromatic carbocycles. The highest BCUT2D eigenvalue weighted by molar-refractivity contribution is 9.10. The zero-order valence-electron chi connectivity index (χ0n) is 10.5. The van der Waals surface area contributed by atoms with Crippen molar-refractivity contribution in [2.45, 2.75) is 6.61 Å².